The minimum absolute atomic E-state index is 0.0186. The Balaban J connectivity index is 1.57. The molecule has 0 spiro atoms. The fourth-order valence-electron chi connectivity index (χ4n) is 3.18. The first-order chi connectivity index (χ1) is 14.9. The van der Waals surface area contributed by atoms with Gasteiger partial charge in [0.2, 0.25) is 5.95 Å². The number of imidazole rings is 1. The lowest BCUT2D eigenvalue weighted by Gasteiger charge is -2.09. The number of rotatable bonds is 6. The number of carbonyl (C=O) groups excluding carboxylic acids is 1. The number of aryl methyl sites for hydroxylation is 2. The van der Waals surface area contributed by atoms with Crippen LogP contribution >= 0.6 is 0 Å². The predicted octanol–water partition coefficient (Wildman–Crippen LogP) is 3.05. The third-order valence-corrected chi connectivity index (χ3v) is 6.03. The van der Waals surface area contributed by atoms with Gasteiger partial charge in [0.05, 0.1) is 10.6 Å². The van der Waals surface area contributed by atoms with Crippen molar-refractivity contribution >= 4 is 33.2 Å². The van der Waals surface area contributed by atoms with Crippen LogP contribution < -0.4 is 10.0 Å². The lowest BCUT2D eigenvalue weighted by molar-refractivity contribution is 0.102. The summed E-state index contributed by atoms with van der Waals surface area (Å²) >= 11 is 0. The maximum atomic E-state index is 13.0. The van der Waals surface area contributed by atoms with Crippen LogP contribution in [0.2, 0.25) is 0 Å². The van der Waals surface area contributed by atoms with E-state index in [0.717, 1.165) is 11.2 Å². The number of sulfonamides is 1. The molecular formula is C21H20N6O3S. The molecular weight excluding hydrogens is 416 g/mol. The van der Waals surface area contributed by atoms with Gasteiger partial charge in [-0.1, -0.05) is 13.0 Å². The molecule has 3 aromatic heterocycles. The molecule has 3 heterocycles. The summed E-state index contributed by atoms with van der Waals surface area (Å²) in [4.78, 5) is 25.3. The molecule has 1 aromatic carbocycles. The summed E-state index contributed by atoms with van der Waals surface area (Å²) < 4.78 is 29.1. The van der Waals surface area contributed by atoms with Gasteiger partial charge in [-0.15, -0.1) is 0 Å². The number of nitrogens with zero attached hydrogens (tertiary/aromatic N) is 4. The van der Waals surface area contributed by atoms with Crippen molar-refractivity contribution in [2.45, 2.75) is 25.2 Å². The Morgan fingerprint density at radius 2 is 1.77 bits per heavy atom. The quantitative estimate of drug-likeness (QED) is 0.480. The van der Waals surface area contributed by atoms with E-state index < -0.39 is 10.0 Å². The molecule has 0 radical (unpaired) electrons. The van der Waals surface area contributed by atoms with Crippen LogP contribution in [0.4, 0.5) is 11.6 Å². The molecule has 0 atom stereocenters. The van der Waals surface area contributed by atoms with E-state index in [9.17, 15) is 13.2 Å². The van der Waals surface area contributed by atoms with E-state index in [4.69, 9.17) is 0 Å². The van der Waals surface area contributed by atoms with E-state index in [2.05, 4.69) is 25.0 Å². The second-order valence-electron chi connectivity index (χ2n) is 6.80. The third-order valence-electron chi connectivity index (χ3n) is 4.68. The zero-order chi connectivity index (χ0) is 22.0. The fourth-order valence-corrected chi connectivity index (χ4v) is 4.13. The van der Waals surface area contributed by atoms with Crippen LogP contribution in [0.15, 0.2) is 66.0 Å². The molecule has 0 aliphatic heterocycles. The van der Waals surface area contributed by atoms with Crippen LogP contribution in [-0.2, 0) is 16.4 Å². The van der Waals surface area contributed by atoms with Gasteiger partial charge in [-0.25, -0.2) is 28.1 Å². The van der Waals surface area contributed by atoms with Crippen LogP contribution in [0.25, 0.3) is 5.65 Å². The predicted molar refractivity (Wildman–Crippen MR) is 117 cm³/mol. The summed E-state index contributed by atoms with van der Waals surface area (Å²) in [5.41, 5.74) is 3.32. The van der Waals surface area contributed by atoms with Crippen molar-refractivity contribution in [2.24, 2.45) is 0 Å². The molecule has 9 nitrogen and oxygen atoms in total. The van der Waals surface area contributed by atoms with E-state index in [1.54, 1.807) is 16.7 Å². The van der Waals surface area contributed by atoms with Gasteiger partial charge < -0.3 is 5.32 Å². The van der Waals surface area contributed by atoms with Crippen molar-refractivity contribution in [3.8, 4) is 0 Å². The highest BCUT2D eigenvalue weighted by Gasteiger charge is 2.20. The van der Waals surface area contributed by atoms with E-state index in [1.165, 1.54) is 36.7 Å². The lowest BCUT2D eigenvalue weighted by atomic mass is 10.2. The fraction of sp³-hybridized carbons (Fsp3) is 0.143. The van der Waals surface area contributed by atoms with Crippen LogP contribution in [0.1, 0.15) is 28.7 Å². The molecule has 158 valence electrons. The molecule has 4 rings (SSSR count). The Morgan fingerprint density at radius 3 is 2.45 bits per heavy atom. The highest BCUT2D eigenvalue weighted by molar-refractivity contribution is 7.92. The number of fused-ring (bicyclic) bond motifs is 1. The zero-order valence-electron chi connectivity index (χ0n) is 16.9. The van der Waals surface area contributed by atoms with Gasteiger partial charge in [-0.3, -0.25) is 9.20 Å². The monoisotopic (exact) mass is 436 g/mol. The number of anilines is 2. The van der Waals surface area contributed by atoms with Gasteiger partial charge in [0.15, 0.2) is 0 Å². The molecule has 2 N–H and O–H groups in total. The number of pyridine rings is 1. The number of hydrogen-bond acceptors (Lipinski definition) is 6. The molecule has 0 saturated carbocycles. The first-order valence-corrected chi connectivity index (χ1v) is 11.0. The summed E-state index contributed by atoms with van der Waals surface area (Å²) in [6.45, 7) is 3.88. The number of amides is 1. The Bertz CT molecular complexity index is 1350. The molecule has 0 aliphatic rings. The summed E-state index contributed by atoms with van der Waals surface area (Å²) in [6, 6.07) is 11.3. The van der Waals surface area contributed by atoms with Crippen molar-refractivity contribution in [1.82, 2.24) is 19.4 Å². The van der Waals surface area contributed by atoms with Crippen LogP contribution in [0, 0.1) is 6.92 Å². The average molecular weight is 436 g/mol. The summed E-state index contributed by atoms with van der Waals surface area (Å²) in [7, 11) is -3.85. The number of nitrogens with one attached hydrogen (secondary N) is 2. The summed E-state index contributed by atoms with van der Waals surface area (Å²) in [5, 5.41) is 2.82. The normalized spacial score (nSPS) is 11.4. The van der Waals surface area contributed by atoms with Gasteiger partial charge in [-0.05, 0) is 55.3 Å². The Kier molecular flexibility index (Phi) is 5.38. The first-order valence-electron chi connectivity index (χ1n) is 9.57. The van der Waals surface area contributed by atoms with Gasteiger partial charge in [0.1, 0.15) is 11.3 Å². The van der Waals surface area contributed by atoms with Crippen molar-refractivity contribution in [3.05, 3.63) is 78.0 Å². The number of aromatic nitrogens is 4. The SMILES string of the molecule is CCc1nc2c(C)cccn2c1C(=O)Nc1ccc(S(=O)(=O)Nc2ncccn2)cc1. The van der Waals surface area contributed by atoms with E-state index in [-0.39, 0.29) is 16.8 Å². The van der Waals surface area contributed by atoms with Crippen molar-refractivity contribution in [3.63, 3.8) is 0 Å². The Morgan fingerprint density at radius 1 is 1.06 bits per heavy atom. The van der Waals surface area contributed by atoms with Crippen molar-refractivity contribution < 1.29 is 13.2 Å². The van der Waals surface area contributed by atoms with Gasteiger partial charge >= 0.3 is 0 Å². The Hall–Kier alpha value is -3.79. The molecule has 0 unspecified atom stereocenters. The molecule has 10 heteroatoms. The van der Waals surface area contributed by atoms with Crippen LogP contribution in [0.5, 0.6) is 0 Å². The van der Waals surface area contributed by atoms with E-state index in [0.29, 0.717) is 23.5 Å². The zero-order valence-corrected chi connectivity index (χ0v) is 17.7. The van der Waals surface area contributed by atoms with Gasteiger partial charge in [0.25, 0.3) is 15.9 Å². The Labute approximate surface area is 179 Å². The van der Waals surface area contributed by atoms with E-state index >= 15 is 0 Å². The largest absolute Gasteiger partial charge is 0.321 e. The molecule has 0 saturated heterocycles. The molecule has 0 fully saturated rings. The van der Waals surface area contributed by atoms with Crippen molar-refractivity contribution in [2.75, 3.05) is 10.0 Å². The van der Waals surface area contributed by atoms with E-state index in [1.807, 2.05) is 26.0 Å². The standard InChI is InChI=1S/C21H20N6O3S/c1-3-17-18(27-13-4-6-14(2)19(27)25-17)20(28)24-15-7-9-16(10-8-15)31(29,30)26-21-22-11-5-12-23-21/h4-13H,3H2,1-2H3,(H,24,28)(H,22,23,26). The van der Waals surface area contributed by atoms with Gasteiger partial charge in [0, 0.05) is 24.3 Å². The molecule has 4 aromatic rings. The maximum Gasteiger partial charge on any atom is 0.274 e. The van der Waals surface area contributed by atoms with Crippen molar-refractivity contribution in [1.29, 1.82) is 0 Å². The smallest absolute Gasteiger partial charge is 0.274 e. The number of carbonyl (C=O) groups is 1. The average Bonchev–Trinajstić information content (AvgIpc) is 3.15. The minimum Gasteiger partial charge on any atom is -0.321 e. The second kappa shape index (κ2) is 8.15. The molecule has 1 amide bonds. The van der Waals surface area contributed by atoms with Crippen LogP contribution in [0.3, 0.4) is 0 Å². The minimum atomic E-state index is -3.85. The topological polar surface area (TPSA) is 118 Å². The number of hydrogen-bond donors (Lipinski definition) is 2. The second-order valence-corrected chi connectivity index (χ2v) is 8.48. The highest BCUT2D eigenvalue weighted by Crippen LogP contribution is 2.20. The molecule has 0 aliphatic carbocycles. The highest BCUT2D eigenvalue weighted by atomic mass is 32.2. The number of benzene rings is 1. The summed E-state index contributed by atoms with van der Waals surface area (Å²) in [6.07, 6.45) is 5.29. The van der Waals surface area contributed by atoms with Crippen LogP contribution in [-0.4, -0.2) is 33.7 Å². The summed E-state index contributed by atoms with van der Waals surface area (Å²) in [5.74, 6) is -0.337. The first kappa shape index (κ1) is 20.5. The van der Waals surface area contributed by atoms with Gasteiger partial charge in [-0.2, -0.15) is 0 Å². The third kappa shape index (κ3) is 4.10. The maximum absolute atomic E-state index is 13.0. The molecule has 31 heavy (non-hydrogen) atoms. The molecule has 0 bridgehead atoms. The lowest BCUT2D eigenvalue weighted by Crippen LogP contribution is -2.17.